The van der Waals surface area contributed by atoms with E-state index in [9.17, 15) is 8.78 Å². The lowest BCUT2D eigenvalue weighted by Crippen LogP contribution is -2.51. The highest BCUT2D eigenvalue weighted by Gasteiger charge is 2.29. The molecule has 1 saturated carbocycles. The van der Waals surface area contributed by atoms with Crippen LogP contribution in [0, 0.1) is 0 Å². The zero-order valence-corrected chi connectivity index (χ0v) is 8.81. The number of rotatable bonds is 4. The van der Waals surface area contributed by atoms with E-state index >= 15 is 0 Å². The van der Waals surface area contributed by atoms with Crippen LogP contribution >= 0.6 is 0 Å². The molecule has 14 heavy (non-hydrogen) atoms. The molecule has 0 aromatic rings. The highest BCUT2D eigenvalue weighted by molar-refractivity contribution is 4.89. The molecule has 0 saturated heterocycles. The molecule has 2 nitrogen and oxygen atoms in total. The van der Waals surface area contributed by atoms with Crippen LogP contribution in [0.5, 0.6) is 0 Å². The normalized spacial score (nSPS) is 21.9. The van der Waals surface area contributed by atoms with Crippen LogP contribution in [-0.4, -0.2) is 37.0 Å². The van der Waals surface area contributed by atoms with Crippen LogP contribution in [-0.2, 0) is 0 Å². The summed E-state index contributed by atoms with van der Waals surface area (Å²) in [4.78, 5) is 1.65. The van der Waals surface area contributed by atoms with Gasteiger partial charge in [-0.05, 0) is 19.9 Å². The first-order valence-corrected chi connectivity index (χ1v) is 5.27. The molecule has 0 spiro atoms. The molecule has 4 heteroatoms. The summed E-state index contributed by atoms with van der Waals surface area (Å²) in [5, 5.41) is 0. The molecular formula is C10H20F2N2. The van der Waals surface area contributed by atoms with E-state index in [1.807, 2.05) is 0 Å². The van der Waals surface area contributed by atoms with Crippen molar-refractivity contribution in [2.75, 3.05) is 20.1 Å². The Morgan fingerprint density at radius 1 is 1.29 bits per heavy atom. The van der Waals surface area contributed by atoms with Crippen LogP contribution in [0.3, 0.4) is 0 Å². The van der Waals surface area contributed by atoms with Gasteiger partial charge in [0.15, 0.2) is 0 Å². The zero-order valence-electron chi connectivity index (χ0n) is 8.81. The van der Waals surface area contributed by atoms with Gasteiger partial charge in [-0.25, -0.2) is 8.78 Å². The summed E-state index contributed by atoms with van der Waals surface area (Å²) >= 11 is 0. The van der Waals surface area contributed by atoms with Gasteiger partial charge in [-0.3, -0.25) is 4.90 Å². The van der Waals surface area contributed by atoms with Crippen LogP contribution in [0.25, 0.3) is 0 Å². The predicted molar refractivity (Wildman–Crippen MR) is 53.5 cm³/mol. The summed E-state index contributed by atoms with van der Waals surface area (Å²) in [6, 6.07) is 0. The van der Waals surface area contributed by atoms with Crippen LogP contribution < -0.4 is 5.73 Å². The van der Waals surface area contributed by atoms with Crippen molar-refractivity contribution in [1.29, 1.82) is 0 Å². The van der Waals surface area contributed by atoms with Crippen molar-refractivity contribution in [2.24, 2.45) is 5.73 Å². The highest BCUT2D eigenvalue weighted by Crippen LogP contribution is 2.26. The maximum absolute atomic E-state index is 12.1. The second kappa shape index (κ2) is 5.03. The van der Waals surface area contributed by atoms with E-state index in [4.69, 9.17) is 5.73 Å². The molecule has 1 aliphatic rings. The van der Waals surface area contributed by atoms with E-state index in [0.717, 1.165) is 25.7 Å². The number of nitrogens with two attached hydrogens (primary N) is 1. The number of hydrogen-bond donors (Lipinski definition) is 1. The molecule has 84 valence electrons. The van der Waals surface area contributed by atoms with Crippen LogP contribution in [0.2, 0.25) is 0 Å². The monoisotopic (exact) mass is 206 g/mol. The first kappa shape index (κ1) is 11.9. The standard InChI is InChI=1S/C10H20F2N2/c1-14(7-9(11)12)8-10(13)5-3-2-4-6-10/h9H,2-8,13H2,1H3. The van der Waals surface area contributed by atoms with Gasteiger partial charge in [-0.15, -0.1) is 0 Å². The summed E-state index contributed by atoms with van der Waals surface area (Å²) in [5.74, 6) is 0. The van der Waals surface area contributed by atoms with Crippen LogP contribution in [0.1, 0.15) is 32.1 Å². The van der Waals surface area contributed by atoms with E-state index in [2.05, 4.69) is 0 Å². The minimum Gasteiger partial charge on any atom is -0.324 e. The number of alkyl halides is 2. The van der Waals surface area contributed by atoms with Gasteiger partial charge in [0, 0.05) is 12.1 Å². The van der Waals surface area contributed by atoms with Gasteiger partial charge in [0.2, 0.25) is 0 Å². The van der Waals surface area contributed by atoms with Crippen molar-refractivity contribution >= 4 is 0 Å². The largest absolute Gasteiger partial charge is 0.324 e. The minimum atomic E-state index is -2.26. The predicted octanol–water partition coefficient (Wildman–Crippen LogP) is 1.84. The summed E-state index contributed by atoms with van der Waals surface area (Å²) in [5.41, 5.74) is 5.93. The van der Waals surface area contributed by atoms with E-state index < -0.39 is 6.43 Å². The summed E-state index contributed by atoms with van der Waals surface area (Å²) < 4.78 is 24.2. The lowest BCUT2D eigenvalue weighted by molar-refractivity contribution is 0.0839. The third-order valence-corrected chi connectivity index (χ3v) is 2.88. The lowest BCUT2D eigenvalue weighted by atomic mass is 9.82. The Bertz CT molecular complexity index is 168. The molecular weight excluding hydrogens is 186 g/mol. The molecule has 0 aromatic carbocycles. The van der Waals surface area contributed by atoms with Crippen LogP contribution in [0.15, 0.2) is 0 Å². The molecule has 0 amide bonds. The van der Waals surface area contributed by atoms with Gasteiger partial charge < -0.3 is 5.73 Å². The van der Waals surface area contributed by atoms with Crippen molar-refractivity contribution < 1.29 is 8.78 Å². The Morgan fingerprint density at radius 3 is 2.36 bits per heavy atom. The highest BCUT2D eigenvalue weighted by atomic mass is 19.3. The first-order valence-electron chi connectivity index (χ1n) is 5.27. The third kappa shape index (κ3) is 3.88. The Morgan fingerprint density at radius 2 is 1.86 bits per heavy atom. The van der Waals surface area contributed by atoms with Crippen molar-refractivity contribution in [1.82, 2.24) is 4.90 Å². The second-order valence-corrected chi connectivity index (χ2v) is 4.51. The van der Waals surface area contributed by atoms with Gasteiger partial charge >= 0.3 is 0 Å². The smallest absolute Gasteiger partial charge is 0.251 e. The van der Waals surface area contributed by atoms with Gasteiger partial charge in [0.05, 0.1) is 6.54 Å². The molecule has 0 aromatic heterocycles. The molecule has 1 fully saturated rings. The zero-order chi connectivity index (χ0) is 10.6. The first-order chi connectivity index (χ1) is 6.52. The SMILES string of the molecule is CN(CC(F)F)CC1(N)CCCCC1. The molecule has 0 unspecified atom stereocenters. The molecule has 2 N–H and O–H groups in total. The van der Waals surface area contributed by atoms with Gasteiger partial charge in [-0.1, -0.05) is 19.3 Å². The number of nitrogens with zero attached hydrogens (tertiary/aromatic N) is 1. The number of halogens is 2. The molecule has 1 aliphatic carbocycles. The average Bonchev–Trinajstić information content (AvgIpc) is 2.02. The maximum Gasteiger partial charge on any atom is 0.251 e. The van der Waals surface area contributed by atoms with E-state index in [1.54, 1.807) is 11.9 Å². The van der Waals surface area contributed by atoms with E-state index in [-0.39, 0.29) is 12.1 Å². The molecule has 1 rings (SSSR count). The molecule has 0 atom stereocenters. The molecule has 0 radical (unpaired) electrons. The minimum absolute atomic E-state index is 0.168. The van der Waals surface area contributed by atoms with Crippen molar-refractivity contribution in [3.05, 3.63) is 0 Å². The molecule has 0 heterocycles. The molecule has 0 bridgehead atoms. The van der Waals surface area contributed by atoms with Crippen LogP contribution in [0.4, 0.5) is 8.78 Å². The maximum atomic E-state index is 12.1. The Balaban J connectivity index is 2.33. The summed E-state index contributed by atoms with van der Waals surface area (Å²) in [6.07, 6.45) is 3.20. The van der Waals surface area contributed by atoms with Gasteiger partial charge in [0.25, 0.3) is 6.43 Å². The topological polar surface area (TPSA) is 29.3 Å². The number of hydrogen-bond acceptors (Lipinski definition) is 2. The van der Waals surface area contributed by atoms with E-state index in [1.165, 1.54) is 6.42 Å². The molecule has 0 aliphatic heterocycles. The van der Waals surface area contributed by atoms with Crippen molar-refractivity contribution in [3.63, 3.8) is 0 Å². The average molecular weight is 206 g/mol. The van der Waals surface area contributed by atoms with E-state index in [0.29, 0.717) is 6.54 Å². The van der Waals surface area contributed by atoms with Crippen molar-refractivity contribution in [2.45, 2.75) is 44.1 Å². The fourth-order valence-electron chi connectivity index (χ4n) is 2.25. The Kier molecular flexibility index (Phi) is 4.26. The lowest BCUT2D eigenvalue weighted by Gasteiger charge is -2.36. The van der Waals surface area contributed by atoms with Gasteiger partial charge in [-0.2, -0.15) is 0 Å². The number of likely N-dealkylation sites (N-methyl/N-ethyl adjacent to an activating group) is 1. The van der Waals surface area contributed by atoms with Crippen molar-refractivity contribution in [3.8, 4) is 0 Å². The quantitative estimate of drug-likeness (QED) is 0.760. The fourth-order valence-corrected chi connectivity index (χ4v) is 2.25. The Labute approximate surface area is 84.4 Å². The fraction of sp³-hybridized carbons (Fsp3) is 1.00. The Hall–Kier alpha value is -0.220. The van der Waals surface area contributed by atoms with Gasteiger partial charge in [0.1, 0.15) is 0 Å². The summed E-state index contributed by atoms with van der Waals surface area (Å²) in [7, 11) is 1.72. The summed E-state index contributed by atoms with van der Waals surface area (Å²) in [6.45, 7) is 0.427. The third-order valence-electron chi connectivity index (χ3n) is 2.88. The second-order valence-electron chi connectivity index (χ2n) is 4.51.